The monoisotopic (exact) mass is 363 g/mol. The quantitative estimate of drug-likeness (QED) is 0.877. The van der Waals surface area contributed by atoms with Crippen molar-refractivity contribution in [2.45, 2.75) is 62.1 Å². The number of benzene rings is 1. The molecule has 3 aliphatic rings. The summed E-state index contributed by atoms with van der Waals surface area (Å²) in [5.74, 6) is 0.237. The van der Waals surface area contributed by atoms with Gasteiger partial charge in [0.25, 0.3) is 0 Å². The van der Waals surface area contributed by atoms with Crippen LogP contribution in [0.15, 0.2) is 24.3 Å². The van der Waals surface area contributed by atoms with Crippen LogP contribution in [-0.2, 0) is 14.9 Å². The standard InChI is InChI=1S/C20H26ClNO3/c21-16-6-4-15(5-7-16)19(8-2-9-19)18(24)22-12-10-20(11-13-22)17(23)3-1-14-25-20/h4-7,17,23H,1-3,8-14H2/t17-/m1/s1. The molecule has 3 fully saturated rings. The maximum atomic E-state index is 13.3. The van der Waals surface area contributed by atoms with E-state index in [0.29, 0.717) is 18.1 Å². The van der Waals surface area contributed by atoms with Crippen molar-refractivity contribution in [3.63, 3.8) is 0 Å². The van der Waals surface area contributed by atoms with E-state index in [-0.39, 0.29) is 11.3 Å². The first-order chi connectivity index (χ1) is 12.1. The Morgan fingerprint density at radius 3 is 2.36 bits per heavy atom. The molecule has 1 aromatic rings. The lowest BCUT2D eigenvalue weighted by atomic mass is 9.63. The second-order valence-electron chi connectivity index (χ2n) is 7.81. The van der Waals surface area contributed by atoms with Crippen LogP contribution in [0.5, 0.6) is 0 Å². The van der Waals surface area contributed by atoms with Crippen molar-refractivity contribution >= 4 is 17.5 Å². The molecule has 5 heteroatoms. The van der Waals surface area contributed by atoms with Gasteiger partial charge in [-0.2, -0.15) is 0 Å². The van der Waals surface area contributed by atoms with Crippen LogP contribution in [0.4, 0.5) is 0 Å². The molecule has 1 N–H and O–H groups in total. The van der Waals surface area contributed by atoms with Crippen molar-refractivity contribution in [3.05, 3.63) is 34.9 Å². The van der Waals surface area contributed by atoms with Gasteiger partial charge in [0.2, 0.25) is 5.91 Å². The van der Waals surface area contributed by atoms with E-state index in [1.54, 1.807) is 0 Å². The SMILES string of the molecule is O=C(N1CCC2(CC1)OCCC[C@H]2O)C1(c2ccc(Cl)cc2)CCC1. The van der Waals surface area contributed by atoms with Gasteiger partial charge in [0, 0.05) is 24.7 Å². The average Bonchev–Trinajstić information content (AvgIpc) is 2.59. The van der Waals surface area contributed by atoms with Crippen LogP contribution in [0.3, 0.4) is 0 Å². The highest BCUT2D eigenvalue weighted by molar-refractivity contribution is 6.30. The maximum absolute atomic E-state index is 13.3. The minimum absolute atomic E-state index is 0.237. The number of likely N-dealkylation sites (tertiary alicyclic amines) is 1. The predicted octanol–water partition coefficient (Wildman–Crippen LogP) is 3.29. The highest BCUT2D eigenvalue weighted by Gasteiger charge is 2.50. The minimum atomic E-state index is -0.428. The average molecular weight is 364 g/mol. The lowest BCUT2D eigenvalue weighted by Gasteiger charge is -2.50. The van der Waals surface area contributed by atoms with Gasteiger partial charge in [-0.25, -0.2) is 0 Å². The summed E-state index contributed by atoms with van der Waals surface area (Å²) >= 11 is 6.01. The molecule has 25 heavy (non-hydrogen) atoms. The largest absolute Gasteiger partial charge is 0.390 e. The second-order valence-corrected chi connectivity index (χ2v) is 8.24. The number of nitrogens with zero attached hydrogens (tertiary/aromatic N) is 1. The first-order valence-corrected chi connectivity index (χ1v) is 9.81. The molecule has 0 unspecified atom stereocenters. The molecule has 2 aliphatic heterocycles. The van der Waals surface area contributed by atoms with E-state index in [1.807, 2.05) is 29.2 Å². The molecule has 1 spiro atoms. The highest BCUT2D eigenvalue weighted by Crippen LogP contribution is 2.46. The third-order valence-corrected chi connectivity index (χ3v) is 6.78. The van der Waals surface area contributed by atoms with E-state index in [2.05, 4.69) is 0 Å². The molecule has 136 valence electrons. The summed E-state index contributed by atoms with van der Waals surface area (Å²) in [6.45, 7) is 2.07. The lowest BCUT2D eigenvalue weighted by molar-refractivity contribution is -0.182. The fourth-order valence-electron chi connectivity index (χ4n) is 4.71. The van der Waals surface area contributed by atoms with Crippen LogP contribution >= 0.6 is 11.6 Å². The smallest absolute Gasteiger partial charge is 0.233 e. The molecule has 1 saturated carbocycles. The summed E-state index contributed by atoms with van der Waals surface area (Å²) in [7, 11) is 0. The van der Waals surface area contributed by atoms with E-state index < -0.39 is 11.7 Å². The number of aliphatic hydroxyl groups excluding tert-OH is 1. The number of ether oxygens (including phenoxy) is 1. The highest BCUT2D eigenvalue weighted by atomic mass is 35.5. The van der Waals surface area contributed by atoms with E-state index >= 15 is 0 Å². The molecular formula is C20H26ClNO3. The van der Waals surface area contributed by atoms with Crippen molar-refractivity contribution in [2.24, 2.45) is 0 Å². The third-order valence-electron chi connectivity index (χ3n) is 6.53. The Kier molecular flexibility index (Phi) is 4.55. The summed E-state index contributed by atoms with van der Waals surface area (Å²) in [5.41, 5.74) is 0.283. The molecule has 2 saturated heterocycles. The summed E-state index contributed by atoms with van der Waals surface area (Å²) < 4.78 is 5.97. The molecule has 1 atom stereocenters. The molecule has 1 aromatic carbocycles. The fourth-order valence-corrected chi connectivity index (χ4v) is 4.83. The van der Waals surface area contributed by atoms with Gasteiger partial charge in [-0.1, -0.05) is 30.2 Å². The number of carbonyl (C=O) groups is 1. The third kappa shape index (κ3) is 2.88. The Morgan fingerprint density at radius 1 is 1.12 bits per heavy atom. The number of hydrogen-bond acceptors (Lipinski definition) is 3. The number of hydrogen-bond donors (Lipinski definition) is 1. The Hall–Kier alpha value is -1.10. The second kappa shape index (κ2) is 6.57. The summed E-state index contributed by atoms with van der Waals surface area (Å²) in [6.07, 6.45) is 5.71. The fraction of sp³-hybridized carbons (Fsp3) is 0.650. The van der Waals surface area contributed by atoms with E-state index in [9.17, 15) is 9.90 Å². The molecule has 0 radical (unpaired) electrons. The molecule has 1 amide bonds. The van der Waals surface area contributed by atoms with Gasteiger partial charge in [-0.15, -0.1) is 0 Å². The zero-order valence-electron chi connectivity index (χ0n) is 14.5. The molecular weight excluding hydrogens is 338 g/mol. The van der Waals surface area contributed by atoms with Crippen molar-refractivity contribution in [1.82, 2.24) is 4.90 Å². The first kappa shape index (κ1) is 17.3. The molecule has 0 aromatic heterocycles. The van der Waals surface area contributed by atoms with Crippen LogP contribution in [0, 0.1) is 0 Å². The Balaban J connectivity index is 1.49. The van der Waals surface area contributed by atoms with Crippen molar-refractivity contribution in [2.75, 3.05) is 19.7 Å². The van der Waals surface area contributed by atoms with Gasteiger partial charge in [0.15, 0.2) is 0 Å². The first-order valence-electron chi connectivity index (χ1n) is 9.43. The van der Waals surface area contributed by atoms with Gasteiger partial charge >= 0.3 is 0 Å². The van der Waals surface area contributed by atoms with Gasteiger partial charge < -0.3 is 14.7 Å². The van der Waals surface area contributed by atoms with Gasteiger partial charge in [0.05, 0.1) is 17.1 Å². The van der Waals surface area contributed by atoms with Crippen LogP contribution in [0.25, 0.3) is 0 Å². The summed E-state index contributed by atoms with van der Waals surface area (Å²) in [4.78, 5) is 15.3. The Bertz CT molecular complexity index is 633. The predicted molar refractivity (Wildman–Crippen MR) is 96.7 cm³/mol. The van der Waals surface area contributed by atoms with Crippen LogP contribution < -0.4 is 0 Å². The normalized spacial score (nSPS) is 27.8. The van der Waals surface area contributed by atoms with Crippen LogP contribution in [-0.4, -0.2) is 47.3 Å². The van der Waals surface area contributed by atoms with Crippen LogP contribution in [0.1, 0.15) is 50.5 Å². The number of rotatable bonds is 2. The Morgan fingerprint density at radius 2 is 1.80 bits per heavy atom. The lowest BCUT2D eigenvalue weighted by Crippen LogP contribution is -2.59. The molecule has 4 nitrogen and oxygen atoms in total. The van der Waals surface area contributed by atoms with Gasteiger partial charge in [0.1, 0.15) is 0 Å². The molecule has 0 bridgehead atoms. The van der Waals surface area contributed by atoms with Crippen molar-refractivity contribution < 1.29 is 14.6 Å². The van der Waals surface area contributed by atoms with Gasteiger partial charge in [-0.05, 0) is 56.2 Å². The van der Waals surface area contributed by atoms with Crippen LogP contribution in [0.2, 0.25) is 5.02 Å². The Labute approximate surface area is 154 Å². The van der Waals surface area contributed by atoms with Gasteiger partial charge in [-0.3, -0.25) is 4.79 Å². The van der Waals surface area contributed by atoms with E-state index in [0.717, 1.165) is 57.1 Å². The summed E-state index contributed by atoms with van der Waals surface area (Å²) in [6, 6.07) is 7.75. The number of halogens is 1. The minimum Gasteiger partial charge on any atom is -0.390 e. The van der Waals surface area contributed by atoms with Crippen molar-refractivity contribution in [1.29, 1.82) is 0 Å². The van der Waals surface area contributed by atoms with E-state index in [1.165, 1.54) is 0 Å². The number of piperidine rings is 1. The van der Waals surface area contributed by atoms with Crippen molar-refractivity contribution in [3.8, 4) is 0 Å². The maximum Gasteiger partial charge on any atom is 0.233 e. The number of aliphatic hydroxyl groups is 1. The number of carbonyl (C=O) groups excluding carboxylic acids is 1. The molecule has 2 heterocycles. The topological polar surface area (TPSA) is 49.8 Å². The zero-order valence-corrected chi connectivity index (χ0v) is 15.3. The molecule has 4 rings (SSSR count). The molecule has 1 aliphatic carbocycles. The summed E-state index contributed by atoms with van der Waals surface area (Å²) in [5, 5.41) is 11.1. The number of amides is 1. The van der Waals surface area contributed by atoms with E-state index in [4.69, 9.17) is 16.3 Å². The zero-order chi connectivity index (χ0) is 17.5.